The average Bonchev–Trinajstić information content (AvgIpc) is 2.57. The highest BCUT2D eigenvalue weighted by molar-refractivity contribution is 6.18. The minimum atomic E-state index is 0.0521. The molecule has 0 aliphatic carbocycles. The van der Waals surface area contributed by atoms with Crippen molar-refractivity contribution in [2.24, 2.45) is 5.41 Å². The molecule has 1 heterocycles. The monoisotopic (exact) mass is 188 g/mol. The molecule has 0 aromatic rings. The minimum absolute atomic E-state index is 0.0521. The van der Waals surface area contributed by atoms with E-state index < -0.39 is 0 Å². The van der Waals surface area contributed by atoms with Crippen molar-refractivity contribution in [1.82, 2.24) is 0 Å². The molecule has 0 saturated carbocycles. The predicted molar refractivity (Wildman–Crippen MR) is 52.6 cm³/mol. The van der Waals surface area contributed by atoms with E-state index in [0.717, 1.165) is 13.0 Å². The van der Waals surface area contributed by atoms with Crippen LogP contribution in [0.5, 0.6) is 0 Å². The van der Waals surface area contributed by atoms with Gasteiger partial charge in [-0.2, -0.15) is 0 Å². The SMILES string of the molecule is C=CC(C)(CCl)C[C@@H]1CCCO1. The Morgan fingerprint density at radius 2 is 2.50 bits per heavy atom. The molecule has 0 bridgehead atoms. The van der Waals surface area contributed by atoms with Crippen molar-refractivity contribution in [2.45, 2.75) is 32.3 Å². The van der Waals surface area contributed by atoms with E-state index in [4.69, 9.17) is 16.3 Å². The second-order valence-corrected chi connectivity index (χ2v) is 4.10. The minimum Gasteiger partial charge on any atom is -0.378 e. The average molecular weight is 189 g/mol. The van der Waals surface area contributed by atoms with Gasteiger partial charge in [0.05, 0.1) is 6.10 Å². The van der Waals surface area contributed by atoms with Gasteiger partial charge in [-0.05, 0) is 19.3 Å². The van der Waals surface area contributed by atoms with Crippen LogP contribution in [-0.4, -0.2) is 18.6 Å². The van der Waals surface area contributed by atoms with Crippen molar-refractivity contribution in [3.05, 3.63) is 12.7 Å². The Kier molecular flexibility index (Phi) is 3.60. The van der Waals surface area contributed by atoms with Gasteiger partial charge in [-0.15, -0.1) is 18.2 Å². The van der Waals surface area contributed by atoms with E-state index >= 15 is 0 Å². The van der Waals surface area contributed by atoms with Crippen molar-refractivity contribution < 1.29 is 4.74 Å². The van der Waals surface area contributed by atoms with Gasteiger partial charge in [0.15, 0.2) is 0 Å². The molecule has 0 spiro atoms. The van der Waals surface area contributed by atoms with Gasteiger partial charge in [0.1, 0.15) is 0 Å². The lowest BCUT2D eigenvalue weighted by Crippen LogP contribution is -2.22. The number of rotatable bonds is 4. The third-order valence-corrected chi connectivity index (χ3v) is 3.13. The smallest absolute Gasteiger partial charge is 0.0584 e. The molecule has 1 rings (SSSR count). The lowest BCUT2D eigenvalue weighted by atomic mass is 9.86. The summed E-state index contributed by atoms with van der Waals surface area (Å²) >= 11 is 5.86. The Balaban J connectivity index is 2.40. The summed E-state index contributed by atoms with van der Waals surface area (Å²) in [5, 5.41) is 0. The summed E-state index contributed by atoms with van der Waals surface area (Å²) in [5.74, 6) is 0.635. The molecule has 70 valence electrons. The van der Waals surface area contributed by atoms with Gasteiger partial charge in [-0.1, -0.05) is 13.0 Å². The molecule has 1 nitrogen and oxygen atoms in total. The summed E-state index contributed by atoms with van der Waals surface area (Å²) in [7, 11) is 0. The topological polar surface area (TPSA) is 9.23 Å². The zero-order valence-electron chi connectivity index (χ0n) is 7.68. The summed E-state index contributed by atoms with van der Waals surface area (Å²) < 4.78 is 5.55. The third kappa shape index (κ3) is 2.49. The normalized spacial score (nSPS) is 28.3. The zero-order valence-corrected chi connectivity index (χ0v) is 8.44. The van der Waals surface area contributed by atoms with Gasteiger partial charge in [0.2, 0.25) is 0 Å². The maximum absolute atomic E-state index is 5.86. The van der Waals surface area contributed by atoms with Gasteiger partial charge < -0.3 is 4.74 Å². The van der Waals surface area contributed by atoms with Crippen molar-refractivity contribution in [3.8, 4) is 0 Å². The summed E-state index contributed by atoms with van der Waals surface area (Å²) in [6, 6.07) is 0. The molecule has 1 unspecified atom stereocenters. The highest BCUT2D eigenvalue weighted by atomic mass is 35.5. The Morgan fingerprint density at radius 3 is 2.92 bits per heavy atom. The number of hydrogen-bond acceptors (Lipinski definition) is 1. The maximum atomic E-state index is 5.86. The second-order valence-electron chi connectivity index (χ2n) is 3.83. The molecule has 0 aromatic heterocycles. The lowest BCUT2D eigenvalue weighted by molar-refractivity contribution is 0.0830. The van der Waals surface area contributed by atoms with E-state index in [9.17, 15) is 0 Å². The van der Waals surface area contributed by atoms with E-state index in [0.29, 0.717) is 12.0 Å². The fourth-order valence-corrected chi connectivity index (χ4v) is 1.74. The molecule has 12 heavy (non-hydrogen) atoms. The Labute approximate surface area is 79.7 Å². The van der Waals surface area contributed by atoms with E-state index in [2.05, 4.69) is 13.5 Å². The van der Waals surface area contributed by atoms with Crippen LogP contribution in [0.3, 0.4) is 0 Å². The Morgan fingerprint density at radius 1 is 1.75 bits per heavy atom. The first-order valence-corrected chi connectivity index (χ1v) is 5.05. The highest BCUT2D eigenvalue weighted by Crippen LogP contribution is 2.30. The fraction of sp³-hybridized carbons (Fsp3) is 0.800. The Bertz CT molecular complexity index is 152. The summed E-state index contributed by atoms with van der Waals surface area (Å²) in [5.41, 5.74) is 0.0521. The van der Waals surface area contributed by atoms with Crippen molar-refractivity contribution >= 4 is 11.6 Å². The summed E-state index contributed by atoms with van der Waals surface area (Å²) in [6.07, 6.45) is 5.74. The van der Waals surface area contributed by atoms with Crippen LogP contribution in [0.25, 0.3) is 0 Å². The molecule has 2 atom stereocenters. The van der Waals surface area contributed by atoms with Gasteiger partial charge in [0.25, 0.3) is 0 Å². The molecule has 1 aliphatic heterocycles. The van der Waals surface area contributed by atoms with Crippen LogP contribution >= 0.6 is 11.6 Å². The highest BCUT2D eigenvalue weighted by Gasteiger charge is 2.26. The fourth-order valence-electron chi connectivity index (χ4n) is 1.52. The van der Waals surface area contributed by atoms with Gasteiger partial charge in [-0.25, -0.2) is 0 Å². The van der Waals surface area contributed by atoms with E-state index in [1.54, 1.807) is 0 Å². The summed E-state index contributed by atoms with van der Waals surface area (Å²) in [4.78, 5) is 0. The van der Waals surface area contributed by atoms with E-state index in [1.165, 1.54) is 12.8 Å². The first-order chi connectivity index (χ1) is 5.70. The Hall–Kier alpha value is -0.0100. The van der Waals surface area contributed by atoms with Crippen LogP contribution in [0.4, 0.5) is 0 Å². The molecule has 0 amide bonds. The molecule has 1 aliphatic rings. The molecule has 0 N–H and O–H groups in total. The van der Waals surface area contributed by atoms with Crippen LogP contribution in [-0.2, 0) is 4.74 Å². The van der Waals surface area contributed by atoms with Gasteiger partial charge in [-0.3, -0.25) is 0 Å². The summed E-state index contributed by atoms with van der Waals surface area (Å²) in [6.45, 7) is 6.86. The van der Waals surface area contributed by atoms with Crippen molar-refractivity contribution in [1.29, 1.82) is 0 Å². The predicted octanol–water partition coefficient (Wildman–Crippen LogP) is 2.99. The number of allylic oxidation sites excluding steroid dienone is 1. The molecular weight excluding hydrogens is 172 g/mol. The zero-order chi connectivity index (χ0) is 9.03. The number of halogens is 1. The lowest BCUT2D eigenvalue weighted by Gasteiger charge is -2.25. The standard InChI is InChI=1S/C10H17ClO/c1-3-10(2,8-11)7-9-5-4-6-12-9/h3,9H,1,4-8H2,2H3/t9-,10?/m0/s1. The van der Waals surface area contributed by atoms with Gasteiger partial charge >= 0.3 is 0 Å². The molecule has 0 radical (unpaired) electrons. The second kappa shape index (κ2) is 4.29. The quantitative estimate of drug-likeness (QED) is 0.487. The van der Waals surface area contributed by atoms with E-state index in [-0.39, 0.29) is 5.41 Å². The van der Waals surface area contributed by atoms with Crippen molar-refractivity contribution in [2.75, 3.05) is 12.5 Å². The third-order valence-electron chi connectivity index (χ3n) is 2.52. The van der Waals surface area contributed by atoms with Crippen LogP contribution in [0.1, 0.15) is 26.2 Å². The van der Waals surface area contributed by atoms with Crippen LogP contribution in [0.15, 0.2) is 12.7 Å². The maximum Gasteiger partial charge on any atom is 0.0584 e. The van der Waals surface area contributed by atoms with Crippen molar-refractivity contribution in [3.63, 3.8) is 0 Å². The first kappa shape index (κ1) is 10.1. The molecule has 1 saturated heterocycles. The molecule has 1 fully saturated rings. The first-order valence-electron chi connectivity index (χ1n) is 4.51. The van der Waals surface area contributed by atoms with Crippen LogP contribution in [0.2, 0.25) is 0 Å². The molecule has 0 aromatic carbocycles. The molecular formula is C10H17ClO. The molecule has 2 heteroatoms. The number of ether oxygens (including phenoxy) is 1. The number of hydrogen-bond donors (Lipinski definition) is 0. The largest absolute Gasteiger partial charge is 0.378 e. The number of alkyl halides is 1. The van der Waals surface area contributed by atoms with Crippen LogP contribution < -0.4 is 0 Å². The van der Waals surface area contributed by atoms with E-state index in [1.807, 2.05) is 6.08 Å². The van der Waals surface area contributed by atoms with Crippen LogP contribution in [0, 0.1) is 5.41 Å². The van der Waals surface area contributed by atoms with Gasteiger partial charge in [0, 0.05) is 17.9 Å².